The van der Waals surface area contributed by atoms with Gasteiger partial charge < -0.3 is 10.6 Å². The van der Waals surface area contributed by atoms with Crippen molar-refractivity contribution >= 4 is 15.5 Å². The van der Waals surface area contributed by atoms with Gasteiger partial charge in [0, 0.05) is 31.1 Å². The highest BCUT2D eigenvalue weighted by Gasteiger charge is 2.52. The highest BCUT2D eigenvalue weighted by atomic mass is 32.2. The number of sulfone groups is 1. The van der Waals surface area contributed by atoms with Crippen LogP contribution in [-0.4, -0.2) is 33.8 Å². The summed E-state index contributed by atoms with van der Waals surface area (Å²) in [5.74, 6) is 1.51. The number of hydrogen-bond donors (Lipinski definition) is 2. The topological polar surface area (TPSA) is 58.2 Å². The Hall–Kier alpha value is -1.07. The quantitative estimate of drug-likeness (QED) is 0.832. The van der Waals surface area contributed by atoms with Crippen LogP contribution in [0.1, 0.15) is 0 Å². The van der Waals surface area contributed by atoms with Crippen molar-refractivity contribution in [2.24, 2.45) is 11.8 Å². The molecule has 1 saturated heterocycles. The minimum Gasteiger partial charge on any atom is -0.382 e. The Kier molecular flexibility index (Phi) is 2.41. The van der Waals surface area contributed by atoms with Crippen molar-refractivity contribution in [3.8, 4) is 0 Å². The number of fused-ring (bicyclic) bond motifs is 1. The van der Waals surface area contributed by atoms with Crippen molar-refractivity contribution in [2.45, 2.75) is 10.9 Å². The first-order valence-electron chi connectivity index (χ1n) is 5.83. The van der Waals surface area contributed by atoms with Crippen LogP contribution < -0.4 is 10.6 Å². The molecule has 0 radical (unpaired) electrons. The summed E-state index contributed by atoms with van der Waals surface area (Å²) in [7, 11) is -3.09. The summed E-state index contributed by atoms with van der Waals surface area (Å²) in [6, 6.07) is 7.58. The molecule has 4 nitrogen and oxygen atoms in total. The lowest BCUT2D eigenvalue weighted by molar-refractivity contribution is 0.602. The van der Waals surface area contributed by atoms with Gasteiger partial charge in [-0.05, 0) is 36.1 Å². The number of piperidine rings is 1. The molecule has 3 rings (SSSR count). The number of rotatable bonds is 3. The summed E-state index contributed by atoms with van der Waals surface area (Å²) in [6.07, 6.45) is 1.23. The second-order valence-electron chi connectivity index (χ2n) is 4.95. The van der Waals surface area contributed by atoms with E-state index in [-0.39, 0.29) is 0 Å². The zero-order valence-electron chi connectivity index (χ0n) is 9.68. The minimum atomic E-state index is -3.09. The van der Waals surface area contributed by atoms with Gasteiger partial charge in [0.1, 0.15) is 0 Å². The molecule has 1 aromatic rings. The van der Waals surface area contributed by atoms with Crippen molar-refractivity contribution < 1.29 is 8.42 Å². The van der Waals surface area contributed by atoms with E-state index in [1.165, 1.54) is 6.26 Å². The summed E-state index contributed by atoms with van der Waals surface area (Å²) in [5, 5.41) is 6.81. The normalized spacial score (nSPS) is 31.0. The molecule has 2 N–H and O–H groups in total. The predicted molar refractivity (Wildman–Crippen MR) is 66.8 cm³/mol. The molecule has 1 heterocycles. The predicted octanol–water partition coefficient (Wildman–Crippen LogP) is 0.720. The van der Waals surface area contributed by atoms with Crippen molar-refractivity contribution in [1.82, 2.24) is 5.32 Å². The van der Waals surface area contributed by atoms with Crippen LogP contribution in [0.25, 0.3) is 0 Å². The summed E-state index contributed by atoms with van der Waals surface area (Å²) < 4.78 is 22.6. The average Bonchev–Trinajstić information content (AvgIpc) is 2.74. The Labute approximate surface area is 101 Å². The standard InChI is InChI=1S/C12H16N2O2S/c1-17(15,16)9-4-2-8(3-5-9)14-12-10-6-13-7-11(10)12/h2-5,10-14H,6-7H2,1H3. The zero-order chi connectivity index (χ0) is 12.0. The fraction of sp³-hybridized carbons (Fsp3) is 0.500. The van der Waals surface area contributed by atoms with Crippen LogP contribution >= 0.6 is 0 Å². The number of hydrogen-bond acceptors (Lipinski definition) is 4. The van der Waals surface area contributed by atoms with E-state index in [4.69, 9.17) is 0 Å². The largest absolute Gasteiger partial charge is 0.382 e. The molecule has 0 bridgehead atoms. The van der Waals surface area contributed by atoms with Crippen molar-refractivity contribution in [2.75, 3.05) is 24.7 Å². The van der Waals surface area contributed by atoms with Crippen molar-refractivity contribution in [3.63, 3.8) is 0 Å². The molecule has 2 fully saturated rings. The lowest BCUT2D eigenvalue weighted by Crippen LogP contribution is -2.21. The molecule has 0 spiro atoms. The number of benzene rings is 1. The lowest BCUT2D eigenvalue weighted by Gasteiger charge is -2.09. The van der Waals surface area contributed by atoms with Gasteiger partial charge in [0.2, 0.25) is 0 Å². The van der Waals surface area contributed by atoms with Gasteiger partial charge in [-0.3, -0.25) is 0 Å². The van der Waals surface area contributed by atoms with E-state index in [2.05, 4.69) is 10.6 Å². The Morgan fingerprint density at radius 1 is 1.18 bits per heavy atom. The second kappa shape index (κ2) is 3.71. The molecule has 2 atom stereocenters. The van der Waals surface area contributed by atoms with Gasteiger partial charge in [-0.1, -0.05) is 0 Å². The van der Waals surface area contributed by atoms with Gasteiger partial charge in [0.15, 0.2) is 9.84 Å². The van der Waals surface area contributed by atoms with Crippen molar-refractivity contribution in [3.05, 3.63) is 24.3 Å². The van der Waals surface area contributed by atoms with Gasteiger partial charge in [-0.15, -0.1) is 0 Å². The Morgan fingerprint density at radius 3 is 2.29 bits per heavy atom. The molecule has 2 aliphatic rings. The molecule has 5 heteroatoms. The maximum Gasteiger partial charge on any atom is 0.175 e. The van der Waals surface area contributed by atoms with Crippen LogP contribution in [0, 0.1) is 11.8 Å². The van der Waals surface area contributed by atoms with Gasteiger partial charge in [-0.25, -0.2) is 8.42 Å². The summed E-state index contributed by atoms with van der Waals surface area (Å²) in [5.41, 5.74) is 1.01. The molecule has 1 aliphatic heterocycles. The third-order valence-electron chi connectivity index (χ3n) is 3.71. The van der Waals surface area contributed by atoms with Crippen LogP contribution in [0.5, 0.6) is 0 Å². The molecular formula is C12H16N2O2S. The van der Waals surface area contributed by atoms with E-state index in [0.717, 1.165) is 30.6 Å². The van der Waals surface area contributed by atoms with Crippen LogP contribution in [0.15, 0.2) is 29.2 Å². The van der Waals surface area contributed by atoms with Gasteiger partial charge in [0.05, 0.1) is 4.90 Å². The first-order chi connectivity index (χ1) is 8.05. The van der Waals surface area contributed by atoms with Crippen LogP contribution in [-0.2, 0) is 9.84 Å². The van der Waals surface area contributed by atoms with E-state index in [9.17, 15) is 8.42 Å². The number of nitrogens with one attached hydrogen (secondary N) is 2. The molecule has 2 unspecified atom stereocenters. The minimum absolute atomic E-state index is 0.376. The highest BCUT2D eigenvalue weighted by molar-refractivity contribution is 7.90. The molecule has 1 saturated carbocycles. The fourth-order valence-corrected chi connectivity index (χ4v) is 3.25. The maximum atomic E-state index is 11.3. The van der Waals surface area contributed by atoms with E-state index in [0.29, 0.717) is 10.9 Å². The molecule has 1 aromatic carbocycles. The van der Waals surface area contributed by atoms with E-state index >= 15 is 0 Å². The van der Waals surface area contributed by atoms with E-state index in [1.54, 1.807) is 12.1 Å². The molecule has 1 aliphatic carbocycles. The Balaban J connectivity index is 1.69. The Bertz CT molecular complexity index is 514. The Morgan fingerprint density at radius 2 is 1.76 bits per heavy atom. The molecule has 17 heavy (non-hydrogen) atoms. The smallest absolute Gasteiger partial charge is 0.175 e. The van der Waals surface area contributed by atoms with E-state index in [1.807, 2.05) is 12.1 Å². The SMILES string of the molecule is CS(=O)(=O)c1ccc(NC2C3CNCC32)cc1. The summed E-state index contributed by atoms with van der Waals surface area (Å²) in [6.45, 7) is 2.20. The monoisotopic (exact) mass is 252 g/mol. The van der Waals surface area contributed by atoms with Crippen LogP contribution in [0.2, 0.25) is 0 Å². The zero-order valence-corrected chi connectivity index (χ0v) is 10.5. The summed E-state index contributed by atoms with van der Waals surface area (Å²) >= 11 is 0. The van der Waals surface area contributed by atoms with Crippen LogP contribution in [0.4, 0.5) is 5.69 Å². The van der Waals surface area contributed by atoms with Gasteiger partial charge in [-0.2, -0.15) is 0 Å². The third-order valence-corrected chi connectivity index (χ3v) is 4.84. The fourth-order valence-electron chi connectivity index (χ4n) is 2.62. The first-order valence-corrected chi connectivity index (χ1v) is 7.72. The average molecular weight is 252 g/mol. The molecule has 0 amide bonds. The summed E-state index contributed by atoms with van der Waals surface area (Å²) in [4.78, 5) is 0.376. The van der Waals surface area contributed by atoms with E-state index < -0.39 is 9.84 Å². The van der Waals surface area contributed by atoms with Crippen molar-refractivity contribution in [1.29, 1.82) is 0 Å². The number of anilines is 1. The lowest BCUT2D eigenvalue weighted by atomic mass is 10.3. The molecule has 0 aromatic heterocycles. The molecule has 92 valence electrons. The van der Waals surface area contributed by atoms with Crippen LogP contribution in [0.3, 0.4) is 0 Å². The molecular weight excluding hydrogens is 236 g/mol. The maximum absolute atomic E-state index is 11.3. The third kappa shape index (κ3) is 2.05. The van der Waals surface area contributed by atoms with Gasteiger partial charge in [0.25, 0.3) is 0 Å². The van der Waals surface area contributed by atoms with Gasteiger partial charge >= 0.3 is 0 Å². The second-order valence-corrected chi connectivity index (χ2v) is 6.97. The highest BCUT2D eigenvalue weighted by Crippen LogP contribution is 2.43. The first kappa shape index (κ1) is 11.0.